The van der Waals surface area contributed by atoms with Crippen molar-refractivity contribution >= 4 is 11.8 Å². The molecule has 1 fully saturated rings. The van der Waals surface area contributed by atoms with Gasteiger partial charge in [0.25, 0.3) is 5.91 Å². The van der Waals surface area contributed by atoms with Crippen LogP contribution in [0.5, 0.6) is 11.5 Å². The number of halogens is 3. The zero-order chi connectivity index (χ0) is 18.9. The monoisotopic (exact) mass is 369 g/mol. The van der Waals surface area contributed by atoms with Crippen molar-refractivity contribution in [3.63, 3.8) is 0 Å². The molecule has 0 radical (unpaired) electrons. The van der Waals surface area contributed by atoms with E-state index in [1.54, 1.807) is 14.1 Å². The van der Waals surface area contributed by atoms with E-state index in [9.17, 15) is 18.0 Å². The first-order valence-electron chi connectivity index (χ1n) is 8.06. The third kappa shape index (κ3) is 4.09. The number of carbonyl (C=O) groups is 1. The molecule has 9 heteroatoms. The molecule has 1 aromatic rings. The molecule has 0 aromatic heterocycles. The van der Waals surface area contributed by atoms with Gasteiger partial charge in [0.05, 0.1) is 5.57 Å². The van der Waals surface area contributed by atoms with Crippen LogP contribution < -0.4 is 20.1 Å². The molecule has 6 nitrogen and oxygen atoms in total. The van der Waals surface area contributed by atoms with E-state index in [-0.39, 0.29) is 29.2 Å². The Morgan fingerprint density at radius 3 is 2.65 bits per heavy atom. The Morgan fingerprint density at radius 2 is 2.00 bits per heavy atom. The normalized spacial score (nSPS) is 22.0. The van der Waals surface area contributed by atoms with Gasteiger partial charge in [-0.3, -0.25) is 4.79 Å². The van der Waals surface area contributed by atoms with Crippen LogP contribution in [0.4, 0.5) is 13.2 Å². The van der Waals surface area contributed by atoms with E-state index >= 15 is 0 Å². The fourth-order valence-corrected chi connectivity index (χ4v) is 2.91. The van der Waals surface area contributed by atoms with Gasteiger partial charge in [0.2, 0.25) is 0 Å². The molecule has 1 amide bonds. The van der Waals surface area contributed by atoms with Crippen LogP contribution in [0.3, 0.4) is 0 Å². The highest BCUT2D eigenvalue weighted by Crippen LogP contribution is 2.47. The molecule has 1 aliphatic heterocycles. The summed E-state index contributed by atoms with van der Waals surface area (Å²) in [7, 11) is 3.19. The predicted molar refractivity (Wildman–Crippen MR) is 87.6 cm³/mol. The van der Waals surface area contributed by atoms with Crippen molar-refractivity contribution in [2.24, 2.45) is 16.8 Å². The number of hydrogen-bond donors (Lipinski definition) is 2. The van der Waals surface area contributed by atoms with E-state index in [1.165, 1.54) is 18.2 Å². The number of likely N-dealkylation sites (N-methyl/N-ethyl adjacent to an activating group) is 1. The number of carbonyl (C=O) groups excluding carboxylic acids is 1. The number of alkyl halides is 3. The second-order valence-corrected chi connectivity index (χ2v) is 6.04. The van der Waals surface area contributed by atoms with E-state index in [4.69, 9.17) is 4.74 Å². The molecule has 26 heavy (non-hydrogen) atoms. The lowest BCUT2D eigenvalue weighted by atomic mass is 10.1. The fourth-order valence-electron chi connectivity index (χ4n) is 2.91. The zero-order valence-corrected chi connectivity index (χ0v) is 14.2. The zero-order valence-electron chi connectivity index (χ0n) is 14.2. The topological polar surface area (TPSA) is 72.0 Å². The van der Waals surface area contributed by atoms with Crippen LogP contribution in [0, 0.1) is 11.8 Å². The largest absolute Gasteiger partial charge is 0.573 e. The van der Waals surface area contributed by atoms with Gasteiger partial charge in [-0.15, -0.1) is 13.2 Å². The van der Waals surface area contributed by atoms with Crippen LogP contribution in [-0.2, 0) is 4.79 Å². The Kier molecular flexibility index (Phi) is 4.80. The molecule has 2 atom stereocenters. The van der Waals surface area contributed by atoms with Gasteiger partial charge in [-0.1, -0.05) is 6.07 Å². The van der Waals surface area contributed by atoms with Gasteiger partial charge in [-0.05, 0) is 30.9 Å². The maximum absolute atomic E-state index is 12.4. The van der Waals surface area contributed by atoms with E-state index in [2.05, 4.69) is 20.4 Å². The Hall–Kier alpha value is -2.71. The van der Waals surface area contributed by atoms with E-state index in [0.717, 1.165) is 12.5 Å². The average Bonchev–Trinajstić information content (AvgIpc) is 3.34. The Balaban J connectivity index is 1.85. The fraction of sp³-hybridized carbons (Fsp3) is 0.412. The minimum atomic E-state index is -4.77. The van der Waals surface area contributed by atoms with Crippen LogP contribution >= 0.6 is 0 Å². The molecule has 3 rings (SSSR count). The van der Waals surface area contributed by atoms with Crippen molar-refractivity contribution < 1.29 is 27.4 Å². The van der Waals surface area contributed by atoms with Gasteiger partial charge in [0, 0.05) is 26.1 Å². The highest BCUT2D eigenvalue weighted by molar-refractivity contribution is 5.96. The maximum atomic E-state index is 12.4. The van der Waals surface area contributed by atoms with Gasteiger partial charge in [0.15, 0.2) is 5.90 Å². The van der Waals surface area contributed by atoms with Crippen LogP contribution in [0.15, 0.2) is 40.7 Å². The average molecular weight is 369 g/mol. The summed E-state index contributed by atoms with van der Waals surface area (Å²) in [4.78, 5) is 16.5. The van der Waals surface area contributed by atoms with E-state index in [0.29, 0.717) is 23.7 Å². The molecule has 1 heterocycles. The second kappa shape index (κ2) is 6.89. The molecule has 1 aromatic carbocycles. The maximum Gasteiger partial charge on any atom is 0.573 e. The number of nitrogens with one attached hydrogen (secondary N) is 2. The van der Waals surface area contributed by atoms with Crippen LogP contribution in [-0.4, -0.2) is 32.3 Å². The summed E-state index contributed by atoms with van der Waals surface area (Å²) in [6, 6.07) is 5.28. The molecule has 140 valence electrons. The third-order valence-electron chi connectivity index (χ3n) is 4.21. The lowest BCUT2D eigenvalue weighted by Gasteiger charge is -2.12. The van der Waals surface area contributed by atoms with Gasteiger partial charge < -0.3 is 20.1 Å². The summed E-state index contributed by atoms with van der Waals surface area (Å²) in [5.41, 5.74) is 0.537. The van der Waals surface area contributed by atoms with Crippen molar-refractivity contribution in [2.45, 2.75) is 19.2 Å². The second-order valence-electron chi connectivity index (χ2n) is 6.04. The van der Waals surface area contributed by atoms with Crippen LogP contribution in [0.1, 0.15) is 12.8 Å². The first-order chi connectivity index (χ1) is 12.3. The Labute approximate surface area is 148 Å². The van der Waals surface area contributed by atoms with Crippen molar-refractivity contribution in [2.75, 3.05) is 14.1 Å². The highest BCUT2D eigenvalue weighted by Gasteiger charge is 2.46. The van der Waals surface area contributed by atoms with Gasteiger partial charge in [0.1, 0.15) is 17.3 Å². The summed E-state index contributed by atoms with van der Waals surface area (Å²) in [5, 5.41) is 5.48. The van der Waals surface area contributed by atoms with Gasteiger partial charge >= 0.3 is 6.36 Å². The SMILES string of the molecule is CNC(=O)C1=C(NC)N=C(Oc2cccc(OC(F)(F)F)c2)C2C[C@@H]2C1. The number of hydrogen-bond acceptors (Lipinski definition) is 5. The third-order valence-corrected chi connectivity index (χ3v) is 4.21. The molecule has 0 spiro atoms. The number of ether oxygens (including phenoxy) is 2. The summed E-state index contributed by atoms with van der Waals surface area (Å²) in [5.74, 6) is 0.637. The number of amides is 1. The molecule has 1 unspecified atom stereocenters. The van der Waals surface area contributed by atoms with E-state index in [1.807, 2.05) is 0 Å². The number of fused-ring (bicyclic) bond motifs is 1. The van der Waals surface area contributed by atoms with Crippen LogP contribution in [0.2, 0.25) is 0 Å². The minimum absolute atomic E-state index is 0.0349. The minimum Gasteiger partial charge on any atom is -0.442 e. The van der Waals surface area contributed by atoms with E-state index < -0.39 is 6.36 Å². The number of aliphatic imine (C=N–C) groups is 1. The summed E-state index contributed by atoms with van der Waals surface area (Å²) in [6.45, 7) is 0. The molecule has 2 aliphatic rings. The molecular weight excluding hydrogens is 351 g/mol. The number of rotatable bonds is 4. The number of benzene rings is 1. The first kappa shape index (κ1) is 18.1. The highest BCUT2D eigenvalue weighted by atomic mass is 19.4. The summed E-state index contributed by atoms with van der Waals surface area (Å²) in [6.07, 6.45) is -3.40. The summed E-state index contributed by atoms with van der Waals surface area (Å²) >= 11 is 0. The Morgan fingerprint density at radius 1 is 1.27 bits per heavy atom. The van der Waals surface area contributed by atoms with Crippen LogP contribution in [0.25, 0.3) is 0 Å². The standard InChI is InChI=1S/C17H18F3N3O3/c1-21-14-13(15(24)22-2)7-9-6-12(9)16(23-14)25-10-4-3-5-11(8-10)26-17(18,19)20/h3-5,8-9,12,21H,6-7H2,1-2H3,(H,22,24)/t9-,12?/m1/s1. The molecule has 1 aliphatic carbocycles. The molecule has 0 saturated heterocycles. The van der Waals surface area contributed by atoms with Crippen molar-refractivity contribution in [1.29, 1.82) is 0 Å². The van der Waals surface area contributed by atoms with Gasteiger partial charge in [-0.25, -0.2) is 0 Å². The lowest BCUT2D eigenvalue weighted by molar-refractivity contribution is -0.274. The molecular formula is C17H18F3N3O3. The van der Waals surface area contributed by atoms with Crippen molar-refractivity contribution in [3.8, 4) is 11.5 Å². The molecule has 1 saturated carbocycles. The Bertz CT molecular complexity index is 774. The quantitative estimate of drug-likeness (QED) is 0.856. The number of nitrogens with zero attached hydrogens (tertiary/aromatic N) is 1. The van der Waals surface area contributed by atoms with Gasteiger partial charge in [-0.2, -0.15) is 4.99 Å². The predicted octanol–water partition coefficient (Wildman–Crippen LogP) is 2.58. The lowest BCUT2D eigenvalue weighted by Crippen LogP contribution is -2.24. The molecule has 0 bridgehead atoms. The molecule has 2 N–H and O–H groups in total. The summed E-state index contributed by atoms with van der Waals surface area (Å²) < 4.78 is 46.7. The first-order valence-corrected chi connectivity index (χ1v) is 8.06. The van der Waals surface area contributed by atoms with Crippen molar-refractivity contribution in [3.05, 3.63) is 35.7 Å². The van der Waals surface area contributed by atoms with Crippen molar-refractivity contribution in [1.82, 2.24) is 10.6 Å². The smallest absolute Gasteiger partial charge is 0.442 e.